The summed E-state index contributed by atoms with van der Waals surface area (Å²) in [4.78, 5) is -0.177. The average Bonchev–Trinajstić information content (AvgIpc) is 2.63. The standard InChI is InChI=1S/C20H26F3NO3SSi/c1-29(2,3)14-13-27-16-24(15-20(21,22)23)28(25,26)19-12-8-7-11-18(19)17-9-5-4-6-10-17/h4-12H,13-16H2,1-3H3. The average molecular weight is 446 g/mol. The summed E-state index contributed by atoms with van der Waals surface area (Å²) in [7, 11) is -5.88. The van der Waals surface area contributed by atoms with Crippen LogP contribution in [0.15, 0.2) is 59.5 Å². The van der Waals surface area contributed by atoms with Crippen LogP contribution in [-0.4, -0.2) is 46.9 Å². The number of hydrogen-bond donors (Lipinski definition) is 0. The molecule has 0 radical (unpaired) electrons. The van der Waals surface area contributed by atoms with Crippen LogP contribution in [0.3, 0.4) is 0 Å². The van der Waals surface area contributed by atoms with Gasteiger partial charge in [0.1, 0.15) is 13.3 Å². The highest BCUT2D eigenvalue weighted by Gasteiger charge is 2.38. The van der Waals surface area contributed by atoms with Crippen LogP contribution >= 0.6 is 0 Å². The molecule has 0 fully saturated rings. The summed E-state index contributed by atoms with van der Waals surface area (Å²) in [6.45, 7) is 4.30. The second kappa shape index (κ2) is 9.42. The van der Waals surface area contributed by atoms with Gasteiger partial charge in [0.2, 0.25) is 10.0 Å². The third-order valence-electron chi connectivity index (χ3n) is 4.18. The molecular weight excluding hydrogens is 419 g/mol. The van der Waals surface area contributed by atoms with E-state index >= 15 is 0 Å². The van der Waals surface area contributed by atoms with Crippen molar-refractivity contribution in [3.8, 4) is 11.1 Å². The van der Waals surface area contributed by atoms with Crippen LogP contribution in [0.2, 0.25) is 25.7 Å². The topological polar surface area (TPSA) is 46.6 Å². The molecule has 0 aromatic heterocycles. The van der Waals surface area contributed by atoms with Gasteiger partial charge in [-0.05, 0) is 17.7 Å². The first kappa shape index (κ1) is 23.6. The van der Waals surface area contributed by atoms with Gasteiger partial charge in [-0.2, -0.15) is 17.5 Å². The Balaban J connectivity index is 2.35. The zero-order valence-electron chi connectivity index (χ0n) is 16.7. The fraction of sp³-hybridized carbons (Fsp3) is 0.400. The molecule has 4 nitrogen and oxygen atoms in total. The Kier molecular flexibility index (Phi) is 7.66. The number of alkyl halides is 3. The van der Waals surface area contributed by atoms with E-state index in [4.69, 9.17) is 4.74 Å². The molecule has 0 aliphatic heterocycles. The minimum absolute atomic E-state index is 0.177. The summed E-state index contributed by atoms with van der Waals surface area (Å²) < 4.78 is 71.4. The molecule has 2 aromatic carbocycles. The van der Waals surface area contributed by atoms with Gasteiger partial charge in [-0.1, -0.05) is 68.2 Å². The molecule has 0 amide bonds. The van der Waals surface area contributed by atoms with Gasteiger partial charge in [0.25, 0.3) is 0 Å². The Morgan fingerprint density at radius 2 is 1.55 bits per heavy atom. The fourth-order valence-corrected chi connectivity index (χ4v) is 4.91. The quantitative estimate of drug-likeness (QED) is 0.302. The smallest absolute Gasteiger partial charge is 0.365 e. The summed E-state index contributed by atoms with van der Waals surface area (Å²) in [5, 5.41) is 0. The van der Waals surface area contributed by atoms with E-state index < -0.39 is 37.5 Å². The molecule has 0 aliphatic carbocycles. The Morgan fingerprint density at radius 3 is 2.14 bits per heavy atom. The van der Waals surface area contributed by atoms with E-state index in [0.29, 0.717) is 15.4 Å². The molecule has 9 heteroatoms. The fourth-order valence-electron chi connectivity index (χ4n) is 2.63. The van der Waals surface area contributed by atoms with Crippen LogP contribution in [0.1, 0.15) is 0 Å². The lowest BCUT2D eigenvalue weighted by Crippen LogP contribution is -2.40. The predicted octanol–water partition coefficient (Wildman–Crippen LogP) is 5.22. The minimum Gasteiger partial charge on any atom is -0.365 e. The number of ether oxygens (including phenoxy) is 1. The van der Waals surface area contributed by atoms with Gasteiger partial charge in [0.15, 0.2) is 0 Å². The predicted molar refractivity (Wildman–Crippen MR) is 111 cm³/mol. The van der Waals surface area contributed by atoms with Crippen molar-refractivity contribution in [2.45, 2.75) is 36.8 Å². The summed E-state index contributed by atoms with van der Waals surface area (Å²) in [6.07, 6.45) is -4.68. The molecule has 2 aromatic rings. The first-order chi connectivity index (χ1) is 13.4. The maximum Gasteiger partial charge on any atom is 0.402 e. The Bertz CT molecular complexity index is 897. The molecule has 0 aliphatic rings. The molecule has 0 heterocycles. The van der Waals surface area contributed by atoms with E-state index in [1.807, 2.05) is 0 Å². The lowest BCUT2D eigenvalue weighted by Gasteiger charge is -2.25. The molecule has 0 unspecified atom stereocenters. The molecule has 0 N–H and O–H groups in total. The van der Waals surface area contributed by atoms with E-state index in [0.717, 1.165) is 6.04 Å². The number of sulfonamides is 1. The van der Waals surface area contributed by atoms with E-state index in [1.54, 1.807) is 42.5 Å². The van der Waals surface area contributed by atoms with Crippen molar-refractivity contribution < 1.29 is 26.3 Å². The Morgan fingerprint density at radius 1 is 0.966 bits per heavy atom. The maximum absolute atomic E-state index is 13.1. The van der Waals surface area contributed by atoms with E-state index in [1.165, 1.54) is 12.1 Å². The SMILES string of the molecule is C[Si](C)(C)CCOCN(CC(F)(F)F)S(=O)(=O)c1ccccc1-c1ccccc1. The van der Waals surface area contributed by atoms with Gasteiger partial charge in [0.05, 0.1) is 4.90 Å². The Hall–Kier alpha value is -1.68. The van der Waals surface area contributed by atoms with Crippen LogP contribution in [0.5, 0.6) is 0 Å². The maximum atomic E-state index is 13.1. The molecule has 0 atom stereocenters. The lowest BCUT2D eigenvalue weighted by molar-refractivity contribution is -0.143. The van der Waals surface area contributed by atoms with E-state index in [-0.39, 0.29) is 11.5 Å². The van der Waals surface area contributed by atoms with Crippen molar-refractivity contribution in [2.24, 2.45) is 0 Å². The second-order valence-corrected chi connectivity index (χ2v) is 15.5. The number of hydrogen-bond acceptors (Lipinski definition) is 3. The van der Waals surface area contributed by atoms with Crippen molar-refractivity contribution in [2.75, 3.05) is 19.9 Å². The molecular formula is C20H26F3NO3SSi. The number of nitrogens with zero attached hydrogens (tertiary/aromatic N) is 1. The molecule has 0 spiro atoms. The lowest BCUT2D eigenvalue weighted by atomic mass is 10.1. The molecule has 0 saturated heterocycles. The highest BCUT2D eigenvalue weighted by atomic mass is 32.2. The highest BCUT2D eigenvalue weighted by molar-refractivity contribution is 7.89. The molecule has 2 rings (SSSR count). The van der Waals surface area contributed by atoms with Crippen LogP contribution in [-0.2, 0) is 14.8 Å². The summed E-state index contributed by atoms with van der Waals surface area (Å²) in [6, 6.07) is 15.5. The third kappa shape index (κ3) is 7.25. The van der Waals surface area contributed by atoms with Crippen LogP contribution in [0.25, 0.3) is 11.1 Å². The van der Waals surface area contributed by atoms with Crippen molar-refractivity contribution in [1.29, 1.82) is 0 Å². The molecule has 160 valence electrons. The number of halogens is 3. The molecule has 0 saturated carbocycles. The first-order valence-electron chi connectivity index (χ1n) is 9.19. The largest absolute Gasteiger partial charge is 0.402 e. The van der Waals surface area contributed by atoms with Crippen molar-refractivity contribution in [3.63, 3.8) is 0 Å². The van der Waals surface area contributed by atoms with Gasteiger partial charge in [-0.25, -0.2) is 8.42 Å². The van der Waals surface area contributed by atoms with Crippen LogP contribution < -0.4 is 0 Å². The van der Waals surface area contributed by atoms with Gasteiger partial charge in [-0.15, -0.1) is 0 Å². The van der Waals surface area contributed by atoms with Gasteiger partial charge in [-0.3, -0.25) is 0 Å². The van der Waals surface area contributed by atoms with Crippen LogP contribution in [0, 0.1) is 0 Å². The second-order valence-electron chi connectivity index (χ2n) is 7.94. The van der Waals surface area contributed by atoms with Gasteiger partial charge in [0, 0.05) is 20.2 Å². The number of benzene rings is 2. The van der Waals surface area contributed by atoms with Crippen LogP contribution in [0.4, 0.5) is 13.2 Å². The zero-order chi connectivity index (χ0) is 21.7. The van der Waals surface area contributed by atoms with Crippen molar-refractivity contribution >= 4 is 18.1 Å². The number of rotatable bonds is 9. The highest BCUT2D eigenvalue weighted by Crippen LogP contribution is 2.31. The molecule has 0 bridgehead atoms. The summed E-state index contributed by atoms with van der Waals surface area (Å²) in [5.41, 5.74) is 0.959. The van der Waals surface area contributed by atoms with Crippen molar-refractivity contribution in [3.05, 3.63) is 54.6 Å². The minimum atomic E-state index is -4.68. The van der Waals surface area contributed by atoms with E-state index in [2.05, 4.69) is 19.6 Å². The normalized spacial score (nSPS) is 13.1. The monoisotopic (exact) mass is 445 g/mol. The molecule has 29 heavy (non-hydrogen) atoms. The van der Waals surface area contributed by atoms with Crippen molar-refractivity contribution in [1.82, 2.24) is 4.31 Å². The summed E-state index contributed by atoms with van der Waals surface area (Å²) in [5.74, 6) is 0. The summed E-state index contributed by atoms with van der Waals surface area (Å²) >= 11 is 0. The first-order valence-corrected chi connectivity index (χ1v) is 14.3. The van der Waals surface area contributed by atoms with Gasteiger partial charge < -0.3 is 4.74 Å². The van der Waals surface area contributed by atoms with E-state index in [9.17, 15) is 21.6 Å². The van der Waals surface area contributed by atoms with Gasteiger partial charge >= 0.3 is 6.18 Å². The third-order valence-corrected chi connectivity index (χ3v) is 7.71. The Labute approximate surface area is 171 Å². The zero-order valence-corrected chi connectivity index (χ0v) is 18.6.